The molecular weight excluding hydrogens is 208 g/mol. The second-order valence-corrected chi connectivity index (χ2v) is 5.32. The minimum absolute atomic E-state index is 0.903. The van der Waals surface area contributed by atoms with Crippen molar-refractivity contribution < 1.29 is 0 Å². The zero-order valence-electron chi connectivity index (χ0n) is 10.9. The predicted molar refractivity (Wildman–Crippen MR) is 73.9 cm³/mol. The number of aryl methyl sites for hydroxylation is 1. The highest BCUT2D eigenvalue weighted by Crippen LogP contribution is 2.26. The molecule has 1 aliphatic rings. The Bertz CT molecular complexity index is 325. The molecule has 1 saturated carbocycles. The Kier molecular flexibility index (Phi) is 4.43. The molecular formula is C15H24N2. The summed E-state index contributed by atoms with van der Waals surface area (Å²) in [5, 5.41) is 1.90. The zero-order chi connectivity index (χ0) is 12.1. The Morgan fingerprint density at radius 1 is 1.12 bits per heavy atom. The molecule has 0 heterocycles. The fourth-order valence-electron chi connectivity index (χ4n) is 2.66. The van der Waals surface area contributed by atoms with E-state index in [1.807, 2.05) is 5.01 Å². The van der Waals surface area contributed by atoms with E-state index in [-0.39, 0.29) is 0 Å². The average molecular weight is 232 g/mol. The molecule has 0 saturated heterocycles. The van der Waals surface area contributed by atoms with Gasteiger partial charge >= 0.3 is 0 Å². The topological polar surface area (TPSA) is 29.3 Å². The largest absolute Gasteiger partial charge is 0.311 e. The zero-order valence-corrected chi connectivity index (χ0v) is 10.9. The molecule has 1 aliphatic carbocycles. The molecule has 94 valence electrons. The maximum absolute atomic E-state index is 6.10. The van der Waals surface area contributed by atoms with Gasteiger partial charge in [0.05, 0.1) is 5.69 Å². The summed E-state index contributed by atoms with van der Waals surface area (Å²) in [7, 11) is 0. The molecule has 0 radical (unpaired) electrons. The van der Waals surface area contributed by atoms with Crippen molar-refractivity contribution in [1.82, 2.24) is 0 Å². The monoisotopic (exact) mass is 232 g/mol. The van der Waals surface area contributed by atoms with Gasteiger partial charge in [-0.05, 0) is 31.4 Å². The summed E-state index contributed by atoms with van der Waals surface area (Å²) in [5.74, 6) is 7.00. The van der Waals surface area contributed by atoms with Crippen LogP contribution in [0.1, 0.15) is 44.1 Å². The van der Waals surface area contributed by atoms with Crippen LogP contribution in [0, 0.1) is 12.8 Å². The van der Waals surface area contributed by atoms with E-state index in [9.17, 15) is 0 Å². The summed E-state index contributed by atoms with van der Waals surface area (Å²) < 4.78 is 0. The van der Waals surface area contributed by atoms with Crippen molar-refractivity contribution in [1.29, 1.82) is 0 Å². The third-order valence-electron chi connectivity index (χ3n) is 3.87. The minimum Gasteiger partial charge on any atom is -0.311 e. The van der Waals surface area contributed by atoms with Gasteiger partial charge in [-0.1, -0.05) is 49.8 Å². The molecule has 0 amide bonds. The highest BCUT2D eigenvalue weighted by atomic mass is 15.4. The van der Waals surface area contributed by atoms with E-state index in [2.05, 4.69) is 31.2 Å². The lowest BCUT2D eigenvalue weighted by molar-refractivity contribution is 0.340. The molecule has 2 N–H and O–H groups in total. The Balaban J connectivity index is 1.80. The average Bonchev–Trinajstić information content (AvgIpc) is 2.38. The van der Waals surface area contributed by atoms with Gasteiger partial charge in [0.25, 0.3) is 0 Å². The smallest absolute Gasteiger partial charge is 0.0517 e. The van der Waals surface area contributed by atoms with Crippen LogP contribution in [0.2, 0.25) is 0 Å². The number of benzene rings is 1. The molecule has 0 unspecified atom stereocenters. The van der Waals surface area contributed by atoms with Gasteiger partial charge in [-0.3, -0.25) is 0 Å². The molecule has 2 heteroatoms. The maximum Gasteiger partial charge on any atom is 0.0517 e. The molecule has 0 aliphatic heterocycles. The highest BCUT2D eigenvalue weighted by Gasteiger charge is 2.14. The van der Waals surface area contributed by atoms with Crippen molar-refractivity contribution in [2.75, 3.05) is 11.6 Å². The van der Waals surface area contributed by atoms with Gasteiger partial charge in [-0.25, -0.2) is 5.84 Å². The van der Waals surface area contributed by atoms with E-state index in [1.165, 1.54) is 44.1 Å². The lowest BCUT2D eigenvalue weighted by Crippen LogP contribution is -2.33. The summed E-state index contributed by atoms with van der Waals surface area (Å²) in [6, 6.07) is 8.46. The molecule has 0 spiro atoms. The highest BCUT2D eigenvalue weighted by molar-refractivity contribution is 5.45. The van der Waals surface area contributed by atoms with E-state index in [1.54, 1.807) is 0 Å². The van der Waals surface area contributed by atoms with Crippen LogP contribution in [0.25, 0.3) is 0 Å². The van der Waals surface area contributed by atoms with Crippen LogP contribution in [0.15, 0.2) is 24.3 Å². The van der Waals surface area contributed by atoms with Crippen molar-refractivity contribution in [3.05, 3.63) is 29.8 Å². The molecule has 2 nitrogen and oxygen atoms in total. The van der Waals surface area contributed by atoms with E-state index >= 15 is 0 Å². The van der Waals surface area contributed by atoms with Gasteiger partial charge in [-0.2, -0.15) is 0 Å². The van der Waals surface area contributed by atoms with Crippen LogP contribution < -0.4 is 10.9 Å². The number of hydrazine groups is 1. The van der Waals surface area contributed by atoms with E-state index in [4.69, 9.17) is 5.84 Å². The van der Waals surface area contributed by atoms with Gasteiger partial charge in [0.1, 0.15) is 0 Å². The van der Waals surface area contributed by atoms with E-state index in [0.29, 0.717) is 0 Å². The molecule has 0 aromatic heterocycles. The van der Waals surface area contributed by atoms with Crippen LogP contribution >= 0.6 is 0 Å². The summed E-state index contributed by atoms with van der Waals surface area (Å²) in [6.45, 7) is 3.08. The number of nitrogens with zero attached hydrogens (tertiary/aromatic N) is 1. The number of anilines is 1. The first kappa shape index (κ1) is 12.4. The SMILES string of the molecule is Cc1ccc(N(N)CCC2CCCCC2)cc1. The molecule has 1 fully saturated rings. The van der Waals surface area contributed by atoms with Gasteiger partial charge in [0.15, 0.2) is 0 Å². The standard InChI is InChI=1S/C15H24N2/c1-13-7-9-15(10-8-13)17(16)12-11-14-5-3-2-4-6-14/h7-10,14H,2-6,11-12,16H2,1H3. The summed E-state index contributed by atoms with van der Waals surface area (Å²) in [6.07, 6.45) is 8.31. The summed E-state index contributed by atoms with van der Waals surface area (Å²) >= 11 is 0. The quantitative estimate of drug-likeness (QED) is 0.634. The molecule has 0 atom stereocenters. The van der Waals surface area contributed by atoms with Crippen molar-refractivity contribution in [2.24, 2.45) is 11.8 Å². The van der Waals surface area contributed by atoms with Gasteiger partial charge in [0.2, 0.25) is 0 Å². The first-order valence-corrected chi connectivity index (χ1v) is 6.84. The first-order chi connectivity index (χ1) is 8.25. The molecule has 1 aromatic carbocycles. The Morgan fingerprint density at radius 2 is 1.76 bits per heavy atom. The number of hydrogen-bond donors (Lipinski definition) is 1. The normalized spacial score (nSPS) is 17.1. The van der Waals surface area contributed by atoms with Crippen LogP contribution in [-0.4, -0.2) is 6.54 Å². The molecule has 0 bridgehead atoms. The Morgan fingerprint density at radius 3 is 2.41 bits per heavy atom. The van der Waals surface area contributed by atoms with E-state index < -0.39 is 0 Å². The predicted octanol–water partition coefficient (Wildman–Crippen LogP) is 3.65. The van der Waals surface area contributed by atoms with Crippen molar-refractivity contribution >= 4 is 5.69 Å². The first-order valence-electron chi connectivity index (χ1n) is 6.84. The molecule has 2 rings (SSSR count). The molecule has 17 heavy (non-hydrogen) atoms. The van der Waals surface area contributed by atoms with Crippen LogP contribution in [-0.2, 0) is 0 Å². The number of hydrogen-bond acceptors (Lipinski definition) is 2. The second kappa shape index (κ2) is 6.06. The van der Waals surface area contributed by atoms with Crippen molar-refractivity contribution in [2.45, 2.75) is 45.4 Å². The fourth-order valence-corrected chi connectivity index (χ4v) is 2.66. The number of rotatable bonds is 4. The van der Waals surface area contributed by atoms with Gasteiger partial charge < -0.3 is 5.01 Å². The second-order valence-electron chi connectivity index (χ2n) is 5.32. The maximum atomic E-state index is 6.10. The van der Waals surface area contributed by atoms with Gasteiger partial charge in [0, 0.05) is 6.54 Å². The van der Waals surface area contributed by atoms with Crippen LogP contribution in [0.5, 0.6) is 0 Å². The summed E-state index contributed by atoms with van der Waals surface area (Å²) in [5.41, 5.74) is 2.42. The third kappa shape index (κ3) is 3.74. The van der Waals surface area contributed by atoms with Crippen LogP contribution in [0.3, 0.4) is 0 Å². The van der Waals surface area contributed by atoms with Gasteiger partial charge in [-0.15, -0.1) is 0 Å². The Hall–Kier alpha value is -1.02. The van der Waals surface area contributed by atoms with E-state index in [0.717, 1.165) is 18.2 Å². The van der Waals surface area contributed by atoms with Crippen LogP contribution in [0.4, 0.5) is 5.69 Å². The van der Waals surface area contributed by atoms with Crippen molar-refractivity contribution in [3.63, 3.8) is 0 Å². The lowest BCUT2D eigenvalue weighted by atomic mass is 9.87. The fraction of sp³-hybridized carbons (Fsp3) is 0.600. The minimum atomic E-state index is 0.903. The third-order valence-corrected chi connectivity index (χ3v) is 3.87. The lowest BCUT2D eigenvalue weighted by Gasteiger charge is -2.25. The van der Waals surface area contributed by atoms with Crippen molar-refractivity contribution in [3.8, 4) is 0 Å². The summed E-state index contributed by atoms with van der Waals surface area (Å²) in [4.78, 5) is 0. The molecule has 1 aromatic rings. The number of nitrogens with two attached hydrogens (primary N) is 1. The Labute approximate surface area is 105 Å².